The lowest BCUT2D eigenvalue weighted by Crippen LogP contribution is -2.41. The van der Waals surface area contributed by atoms with Crippen LogP contribution in [0, 0.1) is 13.8 Å². The van der Waals surface area contributed by atoms with E-state index in [-0.39, 0.29) is 25.9 Å². The van der Waals surface area contributed by atoms with Crippen LogP contribution in [-0.4, -0.2) is 26.1 Å². The molecule has 0 saturated heterocycles. The fourth-order valence-corrected chi connectivity index (χ4v) is 7.49. The van der Waals surface area contributed by atoms with Crippen molar-refractivity contribution in [3.63, 3.8) is 0 Å². The van der Waals surface area contributed by atoms with Crippen LogP contribution < -0.4 is 20.5 Å². The summed E-state index contributed by atoms with van der Waals surface area (Å²) in [6, 6.07) is 22.6. The van der Waals surface area contributed by atoms with Crippen molar-refractivity contribution in [2.24, 2.45) is 5.73 Å². The van der Waals surface area contributed by atoms with Crippen molar-refractivity contribution in [2.45, 2.75) is 24.7 Å². The van der Waals surface area contributed by atoms with E-state index >= 15 is 0 Å². The van der Waals surface area contributed by atoms with Gasteiger partial charge < -0.3 is 10.5 Å². The van der Waals surface area contributed by atoms with Crippen LogP contribution in [-0.2, 0) is 19.4 Å². The average Bonchev–Trinajstić information content (AvgIpc) is 3.25. The largest absolute Gasteiger partial charge is 0.466 e. The third kappa shape index (κ3) is 4.64. The zero-order chi connectivity index (χ0) is 27.9. The molecule has 0 saturated carbocycles. The maximum Gasteiger partial charge on any atom is 0.337 e. The summed E-state index contributed by atoms with van der Waals surface area (Å²) >= 11 is 1.07. The van der Waals surface area contributed by atoms with Gasteiger partial charge in [-0.2, -0.15) is 0 Å². The van der Waals surface area contributed by atoms with Gasteiger partial charge in [0, 0.05) is 0 Å². The number of rotatable bonds is 5. The second-order valence-corrected chi connectivity index (χ2v) is 12.2. The highest BCUT2D eigenvalue weighted by molar-refractivity contribution is 7.95. The van der Waals surface area contributed by atoms with E-state index in [0.717, 1.165) is 32.6 Å². The molecule has 1 aliphatic heterocycles. The number of esters is 1. The minimum absolute atomic E-state index is 0.00227. The number of ether oxygens (including phenoxy) is 1. The molecule has 0 fully saturated rings. The predicted molar refractivity (Wildman–Crippen MR) is 153 cm³/mol. The predicted octanol–water partition coefficient (Wildman–Crippen LogP) is 3.04. The fraction of sp³-hybridized carbons (Fsp3) is 0.133. The maximum absolute atomic E-state index is 14.1. The number of aromatic nitrogens is 1. The number of benzene rings is 3. The second-order valence-electron chi connectivity index (χ2n) is 9.28. The number of thiazole rings is 1. The van der Waals surface area contributed by atoms with Crippen LogP contribution in [0.25, 0.3) is 17.5 Å². The third-order valence-corrected chi connectivity index (χ3v) is 9.66. The lowest BCUT2D eigenvalue weighted by molar-refractivity contribution is -0.134. The first kappa shape index (κ1) is 26.4. The molecule has 0 aliphatic carbocycles. The van der Waals surface area contributed by atoms with Gasteiger partial charge in [0.25, 0.3) is 5.56 Å². The Labute approximate surface area is 229 Å². The molecule has 0 spiro atoms. The van der Waals surface area contributed by atoms with Crippen molar-refractivity contribution in [1.29, 1.82) is 0 Å². The maximum atomic E-state index is 14.1. The highest BCUT2D eigenvalue weighted by atomic mass is 32.2. The minimum Gasteiger partial charge on any atom is -0.466 e. The number of nitrogens with zero attached hydrogens (tertiary/aromatic N) is 1. The Morgan fingerprint density at radius 1 is 0.949 bits per heavy atom. The summed E-state index contributed by atoms with van der Waals surface area (Å²) in [5.41, 5.74) is 9.46. The van der Waals surface area contributed by atoms with E-state index in [1.165, 1.54) is 19.2 Å². The molecule has 0 radical (unpaired) electrons. The highest BCUT2D eigenvalue weighted by Gasteiger charge is 2.42. The second kappa shape index (κ2) is 10.2. The van der Waals surface area contributed by atoms with E-state index < -0.39 is 27.3 Å². The molecule has 9 heteroatoms. The standard InChI is InChI=1S/C30H26N2O5S2/c1-18-9-13-20(14-10-18)17-23-28(33)32-27(31)26(39(35,36)22-7-5-4-6-8-22)24(21-15-11-19(2)12-16-21)25(29(32)38-23)30(34)37-3/h4-17,24H,31H2,1-3H3/t24-/m0/s1. The van der Waals surface area contributed by atoms with Gasteiger partial charge >= 0.3 is 5.97 Å². The molecule has 7 nitrogen and oxygen atoms in total. The van der Waals surface area contributed by atoms with E-state index in [2.05, 4.69) is 0 Å². The molecule has 4 aromatic rings. The molecule has 0 unspecified atom stereocenters. The molecule has 198 valence electrons. The van der Waals surface area contributed by atoms with Crippen molar-refractivity contribution >= 4 is 44.6 Å². The first-order valence-electron chi connectivity index (χ1n) is 12.1. The third-order valence-electron chi connectivity index (χ3n) is 6.63. The van der Waals surface area contributed by atoms with Gasteiger partial charge in [-0.25, -0.2) is 13.2 Å². The summed E-state index contributed by atoms with van der Waals surface area (Å²) in [6.45, 7) is 3.87. The molecule has 0 bridgehead atoms. The van der Waals surface area contributed by atoms with Gasteiger partial charge in [-0.05, 0) is 43.2 Å². The molecular weight excluding hydrogens is 532 g/mol. The fourth-order valence-electron chi connectivity index (χ4n) is 4.62. The van der Waals surface area contributed by atoms with E-state index in [9.17, 15) is 18.0 Å². The van der Waals surface area contributed by atoms with Gasteiger partial charge in [0.1, 0.15) is 15.4 Å². The zero-order valence-corrected chi connectivity index (χ0v) is 23.2. The summed E-state index contributed by atoms with van der Waals surface area (Å²) < 4.78 is 35.1. The van der Waals surface area contributed by atoms with Crippen LogP contribution in [0.5, 0.6) is 0 Å². The van der Waals surface area contributed by atoms with Crippen LogP contribution >= 0.6 is 11.3 Å². The first-order valence-corrected chi connectivity index (χ1v) is 14.4. The number of fused-ring (bicyclic) bond motifs is 1. The van der Waals surface area contributed by atoms with E-state index in [0.29, 0.717) is 10.1 Å². The summed E-state index contributed by atoms with van der Waals surface area (Å²) in [5.74, 6) is -2.07. The molecule has 5 rings (SSSR count). The number of aryl methyl sites for hydroxylation is 2. The quantitative estimate of drug-likeness (QED) is 0.377. The molecular formula is C30H26N2O5S2. The Hall–Kier alpha value is -4.21. The van der Waals surface area contributed by atoms with E-state index in [1.54, 1.807) is 36.4 Å². The molecule has 39 heavy (non-hydrogen) atoms. The van der Waals surface area contributed by atoms with Crippen LogP contribution in [0.1, 0.15) is 28.2 Å². The van der Waals surface area contributed by atoms with Gasteiger partial charge in [0.15, 0.2) is 0 Å². The number of nitrogens with two attached hydrogens (primary N) is 1. The van der Waals surface area contributed by atoms with Gasteiger partial charge in [-0.1, -0.05) is 77.9 Å². The Morgan fingerprint density at radius 3 is 2.13 bits per heavy atom. The zero-order valence-electron chi connectivity index (χ0n) is 21.5. The summed E-state index contributed by atoms with van der Waals surface area (Å²) in [7, 11) is -3.02. The Morgan fingerprint density at radius 2 is 1.54 bits per heavy atom. The molecule has 3 aromatic carbocycles. The lowest BCUT2D eigenvalue weighted by Gasteiger charge is -2.28. The van der Waals surface area contributed by atoms with Gasteiger partial charge in [-0.3, -0.25) is 9.36 Å². The topological polar surface area (TPSA) is 108 Å². The van der Waals surface area contributed by atoms with E-state index in [1.807, 2.05) is 50.2 Å². The van der Waals surface area contributed by atoms with E-state index in [4.69, 9.17) is 10.5 Å². The molecule has 1 atom stereocenters. The number of sulfone groups is 1. The highest BCUT2D eigenvalue weighted by Crippen LogP contribution is 2.42. The van der Waals surface area contributed by atoms with Crippen molar-refractivity contribution in [1.82, 2.24) is 4.57 Å². The summed E-state index contributed by atoms with van der Waals surface area (Å²) in [5, 5.41) is 0. The van der Waals surface area contributed by atoms with Crippen molar-refractivity contribution < 1.29 is 17.9 Å². The first-order chi connectivity index (χ1) is 18.6. The Bertz CT molecular complexity index is 1900. The number of hydrogen-bond acceptors (Lipinski definition) is 7. The average molecular weight is 559 g/mol. The molecule has 2 N–H and O–H groups in total. The lowest BCUT2D eigenvalue weighted by atomic mass is 9.89. The normalized spacial score (nSPS) is 15.8. The van der Waals surface area contributed by atoms with Crippen LogP contribution in [0.2, 0.25) is 0 Å². The number of carbonyl (C=O) groups excluding carboxylic acids is 1. The van der Waals surface area contributed by atoms with Gasteiger partial charge in [-0.15, -0.1) is 11.3 Å². The summed E-state index contributed by atoms with van der Waals surface area (Å²) in [4.78, 5) is 26.9. The van der Waals surface area contributed by atoms with Gasteiger partial charge in [0.2, 0.25) is 9.84 Å². The Kier molecular flexibility index (Phi) is 6.88. The summed E-state index contributed by atoms with van der Waals surface area (Å²) in [6.07, 6.45) is 1.70. The van der Waals surface area contributed by atoms with Crippen LogP contribution in [0.3, 0.4) is 0 Å². The van der Waals surface area contributed by atoms with Crippen LogP contribution in [0.4, 0.5) is 0 Å². The number of methoxy groups -OCH3 is 1. The molecule has 0 amide bonds. The SMILES string of the molecule is COC(=O)C1=c2sc(=Cc3ccc(C)cc3)c(=O)n2C(N)=C(S(=O)(=O)c2ccccc2)[C@H]1c1ccc(C)cc1. The smallest absolute Gasteiger partial charge is 0.337 e. The number of allylic oxidation sites excluding steroid dienone is 1. The van der Waals surface area contributed by atoms with Gasteiger partial charge in [0.05, 0.1) is 28.0 Å². The number of carbonyl (C=O) groups is 1. The Balaban J connectivity index is 1.92. The molecule has 1 aliphatic rings. The van der Waals surface area contributed by atoms with Crippen molar-refractivity contribution in [2.75, 3.05) is 7.11 Å². The molecule has 1 aromatic heterocycles. The monoisotopic (exact) mass is 558 g/mol. The van der Waals surface area contributed by atoms with Crippen molar-refractivity contribution in [3.05, 3.63) is 126 Å². The minimum atomic E-state index is -4.25. The van der Waals surface area contributed by atoms with Crippen molar-refractivity contribution in [3.8, 4) is 0 Å². The number of hydrogen-bond donors (Lipinski definition) is 1. The molecule has 2 heterocycles. The van der Waals surface area contributed by atoms with Crippen LogP contribution in [0.15, 0.2) is 93.5 Å².